The molecule has 1 unspecified atom stereocenters. The fourth-order valence-corrected chi connectivity index (χ4v) is 4.26. The van der Waals surface area contributed by atoms with Crippen molar-refractivity contribution in [3.05, 3.63) is 0 Å². The number of piperidine rings is 1. The predicted octanol–water partition coefficient (Wildman–Crippen LogP) is 2.95. The summed E-state index contributed by atoms with van der Waals surface area (Å²) in [5.74, 6) is 1.69. The van der Waals surface area contributed by atoms with E-state index in [1.54, 1.807) is 0 Å². The highest BCUT2D eigenvalue weighted by molar-refractivity contribution is 5.80. The van der Waals surface area contributed by atoms with Gasteiger partial charge in [0, 0.05) is 31.5 Å². The van der Waals surface area contributed by atoms with Gasteiger partial charge >= 0.3 is 0 Å². The Labute approximate surface area is 159 Å². The smallest absolute Gasteiger partial charge is 0.223 e. The third-order valence-electron chi connectivity index (χ3n) is 6.19. The second-order valence-electron chi connectivity index (χ2n) is 8.71. The summed E-state index contributed by atoms with van der Waals surface area (Å²) in [7, 11) is 0. The summed E-state index contributed by atoms with van der Waals surface area (Å²) in [6.45, 7) is 10.2. The maximum Gasteiger partial charge on any atom is 0.223 e. The molecule has 2 amide bonds. The molecular formula is C21H39N3O2. The van der Waals surface area contributed by atoms with Crippen molar-refractivity contribution in [1.29, 1.82) is 0 Å². The van der Waals surface area contributed by atoms with Crippen LogP contribution >= 0.6 is 0 Å². The molecule has 2 rings (SSSR count). The lowest BCUT2D eigenvalue weighted by Crippen LogP contribution is -2.49. The predicted molar refractivity (Wildman–Crippen MR) is 106 cm³/mol. The maximum absolute atomic E-state index is 12.2. The minimum absolute atomic E-state index is 0.0463. The topological polar surface area (TPSA) is 61.4 Å². The van der Waals surface area contributed by atoms with E-state index in [-0.39, 0.29) is 17.7 Å². The van der Waals surface area contributed by atoms with E-state index in [1.807, 2.05) is 0 Å². The normalized spacial score (nSPS) is 21.5. The van der Waals surface area contributed by atoms with Crippen LogP contribution < -0.4 is 10.6 Å². The Morgan fingerprint density at radius 2 is 1.65 bits per heavy atom. The third kappa shape index (κ3) is 6.90. The van der Waals surface area contributed by atoms with Gasteiger partial charge in [0.2, 0.25) is 11.8 Å². The van der Waals surface area contributed by atoms with Gasteiger partial charge < -0.3 is 10.6 Å². The first-order valence-electron chi connectivity index (χ1n) is 10.8. The molecule has 0 bridgehead atoms. The number of nitrogens with one attached hydrogen (secondary N) is 2. The average molecular weight is 366 g/mol. The standard InChI is InChI=1S/C21H39N3O2/c1-16(2)19(24-13-10-17(3)11-14-24)15-23-20(25)9-12-22-21(26)18-7-5-4-6-8-18/h16-19H,4-15H2,1-3H3,(H,22,26)(H,23,25). The summed E-state index contributed by atoms with van der Waals surface area (Å²) in [5.41, 5.74) is 0. The molecule has 2 fully saturated rings. The zero-order valence-corrected chi connectivity index (χ0v) is 17.1. The van der Waals surface area contributed by atoms with E-state index in [2.05, 4.69) is 36.3 Å². The lowest BCUT2D eigenvalue weighted by molar-refractivity contribution is -0.126. The molecule has 1 aliphatic heterocycles. The van der Waals surface area contributed by atoms with Gasteiger partial charge in [-0.15, -0.1) is 0 Å². The number of likely N-dealkylation sites (tertiary alicyclic amines) is 1. The number of carbonyl (C=O) groups is 2. The monoisotopic (exact) mass is 365 g/mol. The summed E-state index contributed by atoms with van der Waals surface area (Å²) < 4.78 is 0. The zero-order valence-electron chi connectivity index (χ0n) is 17.1. The van der Waals surface area contributed by atoms with Crippen molar-refractivity contribution in [2.24, 2.45) is 17.8 Å². The van der Waals surface area contributed by atoms with Gasteiger partial charge in [-0.3, -0.25) is 14.5 Å². The first kappa shape index (κ1) is 21.2. The first-order chi connectivity index (χ1) is 12.5. The SMILES string of the molecule is CC1CCN(C(CNC(=O)CCNC(=O)C2CCCCC2)C(C)C)CC1. The summed E-state index contributed by atoms with van der Waals surface area (Å²) in [4.78, 5) is 26.8. The van der Waals surface area contributed by atoms with Gasteiger partial charge in [-0.25, -0.2) is 0 Å². The van der Waals surface area contributed by atoms with E-state index in [0.29, 0.717) is 31.5 Å². The van der Waals surface area contributed by atoms with Crippen LogP contribution in [-0.2, 0) is 9.59 Å². The molecule has 1 saturated heterocycles. The third-order valence-corrected chi connectivity index (χ3v) is 6.19. The minimum atomic E-state index is 0.0463. The van der Waals surface area contributed by atoms with E-state index >= 15 is 0 Å². The van der Waals surface area contributed by atoms with Crippen LogP contribution in [0.4, 0.5) is 0 Å². The molecule has 0 aromatic rings. The second kappa shape index (κ2) is 10.9. The highest BCUT2D eigenvalue weighted by atomic mass is 16.2. The number of hydrogen-bond donors (Lipinski definition) is 2. The first-order valence-corrected chi connectivity index (χ1v) is 10.8. The highest BCUT2D eigenvalue weighted by Gasteiger charge is 2.26. The molecule has 5 nitrogen and oxygen atoms in total. The van der Waals surface area contributed by atoms with Crippen molar-refractivity contribution in [1.82, 2.24) is 15.5 Å². The maximum atomic E-state index is 12.2. The number of nitrogens with zero attached hydrogens (tertiary/aromatic N) is 1. The largest absolute Gasteiger partial charge is 0.355 e. The fourth-order valence-electron chi connectivity index (χ4n) is 4.26. The Morgan fingerprint density at radius 3 is 2.27 bits per heavy atom. The molecular weight excluding hydrogens is 326 g/mol. The van der Waals surface area contributed by atoms with Crippen LogP contribution in [0.2, 0.25) is 0 Å². The molecule has 2 N–H and O–H groups in total. The quantitative estimate of drug-likeness (QED) is 0.695. The van der Waals surface area contributed by atoms with Crippen molar-refractivity contribution < 1.29 is 9.59 Å². The van der Waals surface area contributed by atoms with E-state index in [4.69, 9.17) is 0 Å². The van der Waals surface area contributed by atoms with Crippen LogP contribution in [0.5, 0.6) is 0 Å². The highest BCUT2D eigenvalue weighted by Crippen LogP contribution is 2.23. The van der Waals surface area contributed by atoms with Crippen LogP contribution in [0.3, 0.4) is 0 Å². The van der Waals surface area contributed by atoms with E-state index in [1.165, 1.54) is 19.3 Å². The number of carbonyl (C=O) groups excluding carboxylic acids is 2. The van der Waals surface area contributed by atoms with Gasteiger partial charge in [-0.05, 0) is 50.6 Å². The van der Waals surface area contributed by atoms with Crippen molar-refractivity contribution in [2.75, 3.05) is 26.2 Å². The Kier molecular flexibility index (Phi) is 8.89. The van der Waals surface area contributed by atoms with E-state index in [0.717, 1.165) is 44.7 Å². The van der Waals surface area contributed by atoms with Crippen molar-refractivity contribution in [3.63, 3.8) is 0 Å². The van der Waals surface area contributed by atoms with Crippen LogP contribution in [-0.4, -0.2) is 48.9 Å². The summed E-state index contributed by atoms with van der Waals surface area (Å²) in [6, 6.07) is 0.406. The lowest BCUT2D eigenvalue weighted by Gasteiger charge is -2.38. The van der Waals surface area contributed by atoms with Gasteiger partial charge in [-0.1, -0.05) is 40.0 Å². The molecule has 1 aliphatic carbocycles. The fraction of sp³-hybridized carbons (Fsp3) is 0.905. The number of rotatable bonds is 8. The Morgan fingerprint density at radius 1 is 1.00 bits per heavy atom. The minimum Gasteiger partial charge on any atom is -0.355 e. The summed E-state index contributed by atoms with van der Waals surface area (Å²) in [5, 5.41) is 6.05. The van der Waals surface area contributed by atoms with Gasteiger partial charge in [0.15, 0.2) is 0 Å². The molecule has 0 aromatic carbocycles. The van der Waals surface area contributed by atoms with Crippen LogP contribution in [0.1, 0.15) is 72.1 Å². The Bertz CT molecular complexity index is 439. The Balaban J connectivity index is 1.65. The van der Waals surface area contributed by atoms with Gasteiger partial charge in [0.1, 0.15) is 0 Å². The second-order valence-corrected chi connectivity index (χ2v) is 8.71. The van der Waals surface area contributed by atoms with E-state index in [9.17, 15) is 9.59 Å². The number of amides is 2. The van der Waals surface area contributed by atoms with E-state index < -0.39 is 0 Å². The molecule has 0 radical (unpaired) electrons. The van der Waals surface area contributed by atoms with Crippen LogP contribution in [0.15, 0.2) is 0 Å². The van der Waals surface area contributed by atoms with Crippen molar-refractivity contribution >= 4 is 11.8 Å². The Hall–Kier alpha value is -1.10. The molecule has 150 valence electrons. The van der Waals surface area contributed by atoms with Gasteiger partial charge in [0.25, 0.3) is 0 Å². The molecule has 1 heterocycles. The van der Waals surface area contributed by atoms with Crippen LogP contribution in [0, 0.1) is 17.8 Å². The lowest BCUT2D eigenvalue weighted by atomic mass is 9.89. The molecule has 0 aromatic heterocycles. The van der Waals surface area contributed by atoms with Crippen molar-refractivity contribution in [2.45, 2.75) is 78.2 Å². The molecule has 5 heteroatoms. The average Bonchev–Trinajstić information content (AvgIpc) is 2.63. The molecule has 26 heavy (non-hydrogen) atoms. The van der Waals surface area contributed by atoms with Gasteiger partial charge in [-0.2, -0.15) is 0 Å². The van der Waals surface area contributed by atoms with Gasteiger partial charge in [0.05, 0.1) is 0 Å². The molecule has 1 atom stereocenters. The zero-order chi connectivity index (χ0) is 18.9. The number of hydrogen-bond acceptors (Lipinski definition) is 3. The molecule has 2 aliphatic rings. The molecule has 0 spiro atoms. The molecule has 1 saturated carbocycles. The van der Waals surface area contributed by atoms with Crippen molar-refractivity contribution in [3.8, 4) is 0 Å². The summed E-state index contributed by atoms with van der Waals surface area (Å²) >= 11 is 0. The van der Waals surface area contributed by atoms with Crippen LogP contribution in [0.25, 0.3) is 0 Å². The summed E-state index contributed by atoms with van der Waals surface area (Å²) in [6.07, 6.45) is 8.45.